The minimum Gasteiger partial charge on any atom is -0.393 e. The first-order chi connectivity index (χ1) is 15.1. The van der Waals surface area contributed by atoms with Gasteiger partial charge >= 0.3 is 6.18 Å². The number of nitrogens with zero attached hydrogens (tertiary/aromatic N) is 4. The molecule has 1 fully saturated rings. The smallest absolute Gasteiger partial charge is 0.393 e. The number of alkyl halides is 3. The van der Waals surface area contributed by atoms with Gasteiger partial charge in [-0.1, -0.05) is 12.1 Å². The van der Waals surface area contributed by atoms with E-state index < -0.39 is 29.2 Å². The summed E-state index contributed by atoms with van der Waals surface area (Å²) in [6.07, 6.45) is -2.59. The van der Waals surface area contributed by atoms with Crippen LogP contribution in [0, 0.1) is 6.92 Å². The summed E-state index contributed by atoms with van der Waals surface area (Å²) < 4.78 is 42.6. The molecule has 0 saturated heterocycles. The van der Waals surface area contributed by atoms with E-state index in [0.717, 1.165) is 11.6 Å². The van der Waals surface area contributed by atoms with Gasteiger partial charge in [-0.2, -0.15) is 13.2 Å². The molecule has 0 bridgehead atoms. The van der Waals surface area contributed by atoms with Crippen molar-refractivity contribution < 1.29 is 23.1 Å². The minimum absolute atomic E-state index is 0.0253. The van der Waals surface area contributed by atoms with Crippen LogP contribution in [0.4, 0.5) is 18.9 Å². The largest absolute Gasteiger partial charge is 0.416 e. The molecule has 0 atom stereocenters. The Kier molecular flexibility index (Phi) is 4.46. The highest BCUT2D eigenvalue weighted by atomic mass is 19.4. The number of carbonyl (C=O) groups excluding carboxylic acids is 1. The van der Waals surface area contributed by atoms with E-state index in [1.807, 2.05) is 13.1 Å². The molecule has 6 nitrogen and oxygen atoms in total. The summed E-state index contributed by atoms with van der Waals surface area (Å²) in [6.45, 7) is 3.43. The van der Waals surface area contributed by atoms with Gasteiger partial charge < -0.3 is 14.6 Å². The van der Waals surface area contributed by atoms with Crippen molar-refractivity contribution in [2.24, 2.45) is 7.05 Å². The Labute approximate surface area is 182 Å². The number of anilines is 1. The minimum atomic E-state index is -4.58. The van der Waals surface area contributed by atoms with E-state index >= 15 is 0 Å². The second-order valence-corrected chi connectivity index (χ2v) is 8.52. The number of fused-ring (bicyclic) bond motifs is 1. The number of amides is 1. The number of hydrogen-bond donors (Lipinski definition) is 1. The lowest BCUT2D eigenvalue weighted by Crippen LogP contribution is -2.47. The fourth-order valence-corrected chi connectivity index (χ4v) is 4.91. The third-order valence-electron chi connectivity index (χ3n) is 6.42. The van der Waals surface area contributed by atoms with Crippen molar-refractivity contribution in [3.63, 3.8) is 0 Å². The summed E-state index contributed by atoms with van der Waals surface area (Å²) in [4.78, 5) is 14.4. The molecule has 165 valence electrons. The first-order valence-corrected chi connectivity index (χ1v) is 10.1. The number of halogens is 3. The van der Waals surface area contributed by atoms with Crippen LogP contribution in [0.25, 0.3) is 0 Å². The fraction of sp³-hybridized carbons (Fsp3) is 0.304. The van der Waals surface area contributed by atoms with Crippen LogP contribution in [-0.4, -0.2) is 31.9 Å². The predicted molar refractivity (Wildman–Crippen MR) is 110 cm³/mol. The number of aliphatic hydroxyl groups is 1. The maximum Gasteiger partial charge on any atom is 0.416 e. The van der Waals surface area contributed by atoms with Gasteiger partial charge in [-0.15, -0.1) is 10.2 Å². The second kappa shape index (κ2) is 6.90. The molecule has 1 aromatic heterocycles. The van der Waals surface area contributed by atoms with Crippen molar-refractivity contribution in [1.82, 2.24) is 14.8 Å². The van der Waals surface area contributed by atoms with Crippen LogP contribution >= 0.6 is 0 Å². The van der Waals surface area contributed by atoms with E-state index in [-0.39, 0.29) is 23.2 Å². The first-order valence-electron chi connectivity index (χ1n) is 10.1. The molecule has 2 aliphatic rings. The van der Waals surface area contributed by atoms with Crippen molar-refractivity contribution in [1.29, 1.82) is 0 Å². The molecule has 1 aliphatic heterocycles. The topological polar surface area (TPSA) is 71.2 Å². The molecule has 2 heterocycles. The summed E-state index contributed by atoms with van der Waals surface area (Å²) in [5, 5.41) is 18.3. The SMILES string of the molecule is [CH2]c1cc2c(c(C(F)(F)F)c1)CN(c1cccc(C3(c4nncn4C)CC(O)C3)c1)C2=O. The highest BCUT2D eigenvalue weighted by Gasteiger charge is 2.50. The monoisotopic (exact) mass is 441 g/mol. The molecular formula is C23H20F3N4O2. The third kappa shape index (κ3) is 3.02. The molecule has 1 N–H and O–H groups in total. The summed E-state index contributed by atoms with van der Waals surface area (Å²) in [6, 6.07) is 9.52. The molecule has 0 unspecified atom stereocenters. The van der Waals surface area contributed by atoms with E-state index in [0.29, 0.717) is 24.4 Å². The number of rotatable bonds is 3. The molecule has 9 heteroatoms. The van der Waals surface area contributed by atoms with Crippen LogP contribution in [-0.2, 0) is 25.2 Å². The molecular weight excluding hydrogens is 421 g/mol. The summed E-state index contributed by atoms with van der Waals surface area (Å²) in [7, 11) is 1.82. The Morgan fingerprint density at radius 1 is 1.22 bits per heavy atom. The van der Waals surface area contributed by atoms with E-state index in [1.54, 1.807) is 29.1 Å². The number of aryl methyl sites for hydroxylation is 1. The van der Waals surface area contributed by atoms with Crippen molar-refractivity contribution in [2.45, 2.75) is 37.1 Å². The molecule has 1 amide bonds. The van der Waals surface area contributed by atoms with Crippen LogP contribution in [0.15, 0.2) is 42.7 Å². The van der Waals surface area contributed by atoms with Gasteiger partial charge in [0.05, 0.1) is 23.6 Å². The number of carbonyl (C=O) groups is 1. The maximum absolute atomic E-state index is 13.6. The zero-order valence-electron chi connectivity index (χ0n) is 17.2. The third-order valence-corrected chi connectivity index (χ3v) is 6.42. The predicted octanol–water partition coefficient (Wildman–Crippen LogP) is 3.62. The van der Waals surface area contributed by atoms with E-state index in [1.165, 1.54) is 11.0 Å². The van der Waals surface area contributed by atoms with Gasteiger partial charge in [-0.3, -0.25) is 4.79 Å². The van der Waals surface area contributed by atoms with Gasteiger partial charge in [-0.05, 0) is 60.7 Å². The average Bonchev–Trinajstić information content (AvgIpc) is 3.28. The standard InChI is InChI=1S/C23H20F3N4O2/c1-13-6-17-18(19(7-13)23(24,25)26)11-30(20(17)32)15-5-3-4-14(8-15)22(9-16(31)10-22)21-28-27-12-29(21)2/h3-8,12,16,31H,1,9-11H2,2H3. The van der Waals surface area contributed by atoms with E-state index in [4.69, 9.17) is 0 Å². The summed E-state index contributed by atoms with van der Waals surface area (Å²) >= 11 is 0. The van der Waals surface area contributed by atoms with Crippen molar-refractivity contribution in [2.75, 3.05) is 4.90 Å². The Balaban J connectivity index is 1.56. The summed E-state index contributed by atoms with van der Waals surface area (Å²) in [5.74, 6) is 0.201. The van der Waals surface area contributed by atoms with Crippen LogP contribution in [0.2, 0.25) is 0 Å². The molecule has 3 aromatic rings. The molecule has 32 heavy (non-hydrogen) atoms. The molecule has 2 aromatic carbocycles. The Morgan fingerprint density at radius 3 is 2.59 bits per heavy atom. The maximum atomic E-state index is 13.6. The van der Waals surface area contributed by atoms with Crippen molar-refractivity contribution in [3.8, 4) is 0 Å². The van der Waals surface area contributed by atoms with Gasteiger partial charge in [0.2, 0.25) is 0 Å². The molecule has 1 radical (unpaired) electrons. The lowest BCUT2D eigenvalue weighted by Gasteiger charge is -2.45. The zero-order chi connectivity index (χ0) is 22.8. The Morgan fingerprint density at radius 2 is 1.97 bits per heavy atom. The molecule has 5 rings (SSSR count). The van der Waals surface area contributed by atoms with E-state index in [2.05, 4.69) is 17.1 Å². The highest BCUT2D eigenvalue weighted by molar-refractivity contribution is 6.10. The second-order valence-electron chi connectivity index (χ2n) is 8.52. The lowest BCUT2D eigenvalue weighted by molar-refractivity contribution is -0.138. The lowest BCUT2D eigenvalue weighted by atomic mass is 9.62. The molecule has 1 aliphatic carbocycles. The van der Waals surface area contributed by atoms with Crippen LogP contribution in [0.1, 0.15) is 51.3 Å². The highest BCUT2D eigenvalue weighted by Crippen LogP contribution is 2.49. The zero-order valence-corrected chi connectivity index (χ0v) is 17.2. The number of aromatic nitrogens is 3. The Hall–Kier alpha value is -3.20. The van der Waals surface area contributed by atoms with Crippen LogP contribution in [0.5, 0.6) is 0 Å². The Bertz CT molecular complexity index is 1230. The quantitative estimate of drug-likeness (QED) is 0.674. The van der Waals surface area contributed by atoms with E-state index in [9.17, 15) is 23.1 Å². The first kappa shape index (κ1) is 20.7. The van der Waals surface area contributed by atoms with Crippen molar-refractivity contribution in [3.05, 3.63) is 83.3 Å². The summed E-state index contributed by atoms with van der Waals surface area (Å²) in [5.41, 5.74) is 0.0435. The van der Waals surface area contributed by atoms with Gasteiger partial charge in [0.25, 0.3) is 5.91 Å². The number of hydrogen-bond acceptors (Lipinski definition) is 4. The normalized spacial score (nSPS) is 22.8. The van der Waals surface area contributed by atoms with Gasteiger partial charge in [0, 0.05) is 18.3 Å². The average molecular weight is 441 g/mol. The molecule has 1 saturated carbocycles. The van der Waals surface area contributed by atoms with Gasteiger partial charge in [0.15, 0.2) is 0 Å². The van der Waals surface area contributed by atoms with Gasteiger partial charge in [0.1, 0.15) is 12.2 Å². The van der Waals surface area contributed by atoms with Crippen LogP contribution in [0.3, 0.4) is 0 Å². The number of aliphatic hydroxyl groups excluding tert-OH is 1. The van der Waals surface area contributed by atoms with Crippen molar-refractivity contribution >= 4 is 11.6 Å². The number of benzene rings is 2. The fourth-order valence-electron chi connectivity index (χ4n) is 4.91. The molecule has 0 spiro atoms. The van der Waals surface area contributed by atoms with Gasteiger partial charge in [-0.25, -0.2) is 0 Å². The van der Waals surface area contributed by atoms with Crippen LogP contribution < -0.4 is 4.90 Å².